The molecule has 0 radical (unpaired) electrons. The maximum Gasteiger partial charge on any atom is 0.269 e. The monoisotopic (exact) mass is 296 g/mol. The molecule has 0 aromatic heterocycles. The van der Waals surface area contributed by atoms with Gasteiger partial charge in [-0.1, -0.05) is 19.3 Å². The number of benzene rings is 1. The Morgan fingerprint density at radius 1 is 1.25 bits per heavy atom. The Kier molecular flexibility index (Phi) is 4.60. The molecule has 0 spiro atoms. The number of nitro groups is 1. The SMILES string of the molecule is O=C(NC1(CCl)CCCCC1)c1ccc([N+](=O)[O-])cc1. The quantitative estimate of drug-likeness (QED) is 0.526. The number of alkyl halides is 1. The Labute approximate surface area is 122 Å². The summed E-state index contributed by atoms with van der Waals surface area (Å²) in [5.74, 6) is 0.175. The van der Waals surface area contributed by atoms with Gasteiger partial charge in [-0.05, 0) is 25.0 Å². The van der Waals surface area contributed by atoms with E-state index in [4.69, 9.17) is 11.6 Å². The second-order valence-electron chi connectivity index (χ2n) is 5.23. The third-order valence-electron chi connectivity index (χ3n) is 3.79. The lowest BCUT2D eigenvalue weighted by molar-refractivity contribution is -0.384. The van der Waals surface area contributed by atoms with E-state index in [9.17, 15) is 14.9 Å². The number of nitro benzene ring substituents is 1. The molecule has 0 bridgehead atoms. The summed E-state index contributed by atoms with van der Waals surface area (Å²) in [4.78, 5) is 22.3. The first kappa shape index (κ1) is 14.8. The van der Waals surface area contributed by atoms with Crippen molar-refractivity contribution in [2.75, 3.05) is 5.88 Å². The summed E-state index contributed by atoms with van der Waals surface area (Å²) in [5.41, 5.74) is 0.0653. The molecule has 1 amide bonds. The average Bonchev–Trinajstić information content (AvgIpc) is 2.48. The fraction of sp³-hybridized carbons (Fsp3) is 0.500. The van der Waals surface area contributed by atoms with Crippen LogP contribution in [-0.2, 0) is 0 Å². The number of nitrogens with zero attached hydrogens (tertiary/aromatic N) is 1. The molecule has 1 N–H and O–H groups in total. The zero-order valence-corrected chi connectivity index (χ0v) is 11.9. The Hall–Kier alpha value is -1.62. The van der Waals surface area contributed by atoms with Crippen molar-refractivity contribution in [2.24, 2.45) is 0 Å². The smallest absolute Gasteiger partial charge is 0.269 e. The van der Waals surface area contributed by atoms with Crippen LogP contribution in [0.25, 0.3) is 0 Å². The molecule has 0 unspecified atom stereocenters. The van der Waals surface area contributed by atoms with Crippen LogP contribution < -0.4 is 5.32 Å². The molecule has 2 rings (SSSR count). The predicted octanol–water partition coefficient (Wildman–Crippen LogP) is 3.27. The summed E-state index contributed by atoms with van der Waals surface area (Å²) in [6, 6.07) is 5.61. The van der Waals surface area contributed by atoms with Gasteiger partial charge in [-0.3, -0.25) is 14.9 Å². The van der Waals surface area contributed by atoms with Crippen LogP contribution in [0, 0.1) is 10.1 Å². The molecule has 1 aliphatic rings. The fourth-order valence-corrected chi connectivity index (χ4v) is 2.90. The number of non-ortho nitro benzene ring substituents is 1. The maximum absolute atomic E-state index is 12.2. The molecule has 1 aromatic rings. The van der Waals surface area contributed by atoms with Crippen molar-refractivity contribution in [2.45, 2.75) is 37.6 Å². The minimum absolute atomic E-state index is 0.0220. The summed E-state index contributed by atoms with van der Waals surface area (Å²) >= 11 is 6.03. The first-order valence-corrected chi connectivity index (χ1v) is 7.23. The predicted molar refractivity (Wildman–Crippen MR) is 77.1 cm³/mol. The average molecular weight is 297 g/mol. The van der Waals surface area contributed by atoms with Gasteiger partial charge in [0.15, 0.2) is 0 Å². The van der Waals surface area contributed by atoms with Crippen LogP contribution in [-0.4, -0.2) is 22.2 Å². The molecule has 5 nitrogen and oxygen atoms in total. The van der Waals surface area contributed by atoms with Crippen molar-refractivity contribution in [1.29, 1.82) is 0 Å². The molecule has 108 valence electrons. The van der Waals surface area contributed by atoms with Crippen LogP contribution in [0.4, 0.5) is 5.69 Å². The highest BCUT2D eigenvalue weighted by Crippen LogP contribution is 2.29. The summed E-state index contributed by atoms with van der Waals surface area (Å²) in [5, 5.41) is 13.6. The van der Waals surface area contributed by atoms with Crippen LogP contribution in [0.15, 0.2) is 24.3 Å². The van der Waals surface area contributed by atoms with Crippen molar-refractivity contribution in [3.05, 3.63) is 39.9 Å². The fourth-order valence-electron chi connectivity index (χ4n) is 2.57. The van der Waals surface area contributed by atoms with Gasteiger partial charge in [0.05, 0.1) is 10.5 Å². The highest BCUT2D eigenvalue weighted by atomic mass is 35.5. The standard InChI is InChI=1S/C14H17ClN2O3/c15-10-14(8-2-1-3-9-14)16-13(18)11-4-6-12(7-5-11)17(19)20/h4-7H,1-3,8-10H2,(H,16,18). The number of amides is 1. The summed E-state index contributed by atoms with van der Waals surface area (Å²) in [6.45, 7) is 0. The van der Waals surface area contributed by atoms with Gasteiger partial charge in [0, 0.05) is 23.6 Å². The van der Waals surface area contributed by atoms with E-state index in [-0.39, 0.29) is 17.1 Å². The van der Waals surface area contributed by atoms with Crippen LogP contribution in [0.5, 0.6) is 0 Å². The lowest BCUT2D eigenvalue weighted by Gasteiger charge is -2.36. The van der Waals surface area contributed by atoms with E-state index in [1.165, 1.54) is 30.7 Å². The first-order chi connectivity index (χ1) is 9.56. The molecule has 1 fully saturated rings. The minimum Gasteiger partial charge on any atom is -0.345 e. The van der Waals surface area contributed by atoms with Gasteiger partial charge in [-0.2, -0.15) is 0 Å². The van der Waals surface area contributed by atoms with Gasteiger partial charge < -0.3 is 5.32 Å². The molecular formula is C14H17ClN2O3. The van der Waals surface area contributed by atoms with E-state index >= 15 is 0 Å². The van der Waals surface area contributed by atoms with Gasteiger partial charge in [0.25, 0.3) is 11.6 Å². The van der Waals surface area contributed by atoms with Gasteiger partial charge in [-0.25, -0.2) is 0 Å². The molecule has 0 atom stereocenters. The lowest BCUT2D eigenvalue weighted by atomic mass is 9.83. The maximum atomic E-state index is 12.2. The normalized spacial score (nSPS) is 17.4. The van der Waals surface area contributed by atoms with Gasteiger partial charge in [-0.15, -0.1) is 11.6 Å². The van der Waals surface area contributed by atoms with E-state index in [1.54, 1.807) is 0 Å². The van der Waals surface area contributed by atoms with Crippen LogP contribution in [0.1, 0.15) is 42.5 Å². The Bertz CT molecular complexity index is 496. The second kappa shape index (κ2) is 6.22. The van der Waals surface area contributed by atoms with Gasteiger partial charge >= 0.3 is 0 Å². The minimum atomic E-state index is -0.483. The van der Waals surface area contributed by atoms with E-state index < -0.39 is 4.92 Å². The largest absolute Gasteiger partial charge is 0.345 e. The van der Waals surface area contributed by atoms with Crippen molar-refractivity contribution < 1.29 is 9.72 Å². The van der Waals surface area contributed by atoms with Crippen LogP contribution in [0.2, 0.25) is 0 Å². The third kappa shape index (κ3) is 3.28. The summed E-state index contributed by atoms with van der Waals surface area (Å²) in [6.07, 6.45) is 5.07. The zero-order chi connectivity index (χ0) is 14.6. The number of carbonyl (C=O) groups excluding carboxylic acids is 1. The van der Waals surface area contributed by atoms with Crippen LogP contribution in [0.3, 0.4) is 0 Å². The van der Waals surface area contributed by atoms with Gasteiger partial charge in [0.2, 0.25) is 0 Å². The Balaban J connectivity index is 2.08. The number of hydrogen-bond acceptors (Lipinski definition) is 3. The molecule has 1 aliphatic carbocycles. The molecular weight excluding hydrogens is 280 g/mol. The molecule has 6 heteroatoms. The van der Waals surface area contributed by atoms with Gasteiger partial charge in [0.1, 0.15) is 0 Å². The van der Waals surface area contributed by atoms with Crippen molar-refractivity contribution in [3.8, 4) is 0 Å². The second-order valence-corrected chi connectivity index (χ2v) is 5.50. The third-order valence-corrected chi connectivity index (χ3v) is 4.30. The van der Waals surface area contributed by atoms with E-state index in [1.807, 2.05) is 0 Å². The molecule has 20 heavy (non-hydrogen) atoms. The lowest BCUT2D eigenvalue weighted by Crippen LogP contribution is -2.51. The number of halogens is 1. The molecule has 0 heterocycles. The summed E-state index contributed by atoms with van der Waals surface area (Å²) in [7, 11) is 0. The van der Waals surface area contributed by atoms with E-state index in [2.05, 4.69) is 5.32 Å². The van der Waals surface area contributed by atoms with Crippen LogP contribution >= 0.6 is 11.6 Å². The first-order valence-electron chi connectivity index (χ1n) is 6.69. The van der Waals surface area contributed by atoms with Crippen molar-refractivity contribution in [1.82, 2.24) is 5.32 Å². The zero-order valence-electron chi connectivity index (χ0n) is 11.1. The Morgan fingerprint density at radius 2 is 1.85 bits per heavy atom. The van der Waals surface area contributed by atoms with Crippen molar-refractivity contribution >= 4 is 23.2 Å². The number of hydrogen-bond donors (Lipinski definition) is 1. The van der Waals surface area contributed by atoms with Crippen molar-refractivity contribution in [3.63, 3.8) is 0 Å². The molecule has 1 saturated carbocycles. The summed E-state index contributed by atoms with van der Waals surface area (Å²) < 4.78 is 0. The highest BCUT2D eigenvalue weighted by Gasteiger charge is 2.32. The molecule has 1 aromatic carbocycles. The Morgan fingerprint density at radius 3 is 2.35 bits per heavy atom. The number of carbonyl (C=O) groups is 1. The number of nitrogens with one attached hydrogen (secondary N) is 1. The highest BCUT2D eigenvalue weighted by molar-refractivity contribution is 6.19. The number of rotatable bonds is 4. The molecule has 0 aliphatic heterocycles. The van der Waals surface area contributed by atoms with E-state index in [0.29, 0.717) is 11.4 Å². The van der Waals surface area contributed by atoms with E-state index in [0.717, 1.165) is 25.7 Å². The molecule has 0 saturated heterocycles. The topological polar surface area (TPSA) is 72.2 Å².